The van der Waals surface area contributed by atoms with Gasteiger partial charge in [0.2, 0.25) is 17.5 Å². The van der Waals surface area contributed by atoms with Crippen molar-refractivity contribution >= 4 is 16.5 Å². The summed E-state index contributed by atoms with van der Waals surface area (Å²) in [7, 11) is 0. The molecular formula is C4H6O4S. The molecule has 5 heteroatoms. The molecule has 0 aromatic heterocycles. The maximum atomic E-state index is 10.0. The van der Waals surface area contributed by atoms with E-state index >= 15 is 0 Å². The highest BCUT2D eigenvalue weighted by Crippen LogP contribution is 2.15. The molecule has 0 amide bonds. The van der Waals surface area contributed by atoms with Gasteiger partial charge < -0.3 is 15.0 Å². The summed E-state index contributed by atoms with van der Waals surface area (Å²) in [4.78, 5) is 10.0. The number of carbonyl (C=O) groups excluding carboxylic acids is 1. The Hall–Kier alpha value is -0.260. The molecule has 1 heterocycles. The van der Waals surface area contributed by atoms with Crippen molar-refractivity contribution in [3.8, 4) is 0 Å². The SMILES string of the molecule is O=C([O-])[S+]1CCC(O)O1. The highest BCUT2D eigenvalue weighted by molar-refractivity contribution is 8.06. The molecule has 1 aliphatic rings. The van der Waals surface area contributed by atoms with Gasteiger partial charge in [0.25, 0.3) is 0 Å². The van der Waals surface area contributed by atoms with Crippen molar-refractivity contribution in [3.63, 3.8) is 0 Å². The Bertz CT molecular complexity index is 126. The summed E-state index contributed by atoms with van der Waals surface area (Å²) in [6, 6.07) is 0. The monoisotopic (exact) mass is 150 g/mol. The van der Waals surface area contributed by atoms with Crippen LogP contribution in [-0.2, 0) is 15.4 Å². The molecule has 2 atom stereocenters. The molecule has 1 N–H and O–H groups in total. The lowest BCUT2D eigenvalue weighted by Gasteiger charge is -1.95. The fourth-order valence-corrected chi connectivity index (χ4v) is 1.68. The van der Waals surface area contributed by atoms with Gasteiger partial charge in [-0.1, -0.05) is 0 Å². The summed E-state index contributed by atoms with van der Waals surface area (Å²) in [6.45, 7) is 0. The predicted molar refractivity (Wildman–Crippen MR) is 29.3 cm³/mol. The molecular weight excluding hydrogens is 144 g/mol. The van der Waals surface area contributed by atoms with Gasteiger partial charge in [0.1, 0.15) is 0 Å². The highest BCUT2D eigenvalue weighted by atomic mass is 32.2. The van der Waals surface area contributed by atoms with E-state index in [1.807, 2.05) is 0 Å². The van der Waals surface area contributed by atoms with Crippen LogP contribution < -0.4 is 5.11 Å². The van der Waals surface area contributed by atoms with Crippen LogP contribution in [0.3, 0.4) is 0 Å². The molecule has 1 aliphatic heterocycles. The van der Waals surface area contributed by atoms with Crippen LogP contribution in [0.1, 0.15) is 6.42 Å². The molecule has 52 valence electrons. The Kier molecular flexibility index (Phi) is 1.94. The second-order valence-corrected chi connectivity index (χ2v) is 3.26. The van der Waals surface area contributed by atoms with Crippen LogP contribution in [0.2, 0.25) is 0 Å². The Morgan fingerprint density at radius 3 is 2.78 bits per heavy atom. The Morgan fingerprint density at radius 2 is 2.56 bits per heavy atom. The van der Waals surface area contributed by atoms with Crippen LogP contribution in [0.15, 0.2) is 0 Å². The van der Waals surface area contributed by atoms with Crippen LogP contribution in [-0.4, -0.2) is 22.5 Å². The minimum absolute atomic E-state index is 0.378. The van der Waals surface area contributed by atoms with Crippen LogP contribution >= 0.6 is 0 Å². The van der Waals surface area contributed by atoms with Crippen molar-refractivity contribution < 1.29 is 19.2 Å². The van der Waals surface area contributed by atoms with Crippen LogP contribution in [0.25, 0.3) is 0 Å². The number of aliphatic hydroxyl groups excluding tert-OH is 1. The predicted octanol–water partition coefficient (Wildman–Crippen LogP) is -1.40. The van der Waals surface area contributed by atoms with Gasteiger partial charge in [-0.05, 0) is 0 Å². The number of carbonyl (C=O) groups is 1. The van der Waals surface area contributed by atoms with Crippen molar-refractivity contribution in [2.24, 2.45) is 0 Å². The number of carboxylic acid groups (broad SMARTS) is 1. The van der Waals surface area contributed by atoms with Crippen molar-refractivity contribution in [1.29, 1.82) is 0 Å². The molecule has 9 heavy (non-hydrogen) atoms. The molecule has 2 unspecified atom stereocenters. The van der Waals surface area contributed by atoms with Crippen molar-refractivity contribution in [2.45, 2.75) is 12.7 Å². The third kappa shape index (κ3) is 1.57. The number of rotatable bonds is 0. The second kappa shape index (κ2) is 2.55. The minimum Gasteiger partial charge on any atom is -0.502 e. The molecule has 0 saturated carbocycles. The van der Waals surface area contributed by atoms with Gasteiger partial charge in [-0.15, -0.1) is 4.18 Å². The van der Waals surface area contributed by atoms with E-state index in [1.165, 1.54) is 0 Å². The van der Waals surface area contributed by atoms with Gasteiger partial charge in [-0.2, -0.15) is 0 Å². The van der Waals surface area contributed by atoms with Gasteiger partial charge in [0.15, 0.2) is 5.75 Å². The average molecular weight is 150 g/mol. The van der Waals surface area contributed by atoms with E-state index in [0.717, 1.165) is 0 Å². The lowest BCUT2D eigenvalue weighted by Crippen LogP contribution is -2.31. The summed E-state index contributed by atoms with van der Waals surface area (Å²) in [5.41, 5.74) is 0. The summed E-state index contributed by atoms with van der Waals surface area (Å²) in [5, 5.41) is 17.4. The van der Waals surface area contributed by atoms with Gasteiger partial charge in [-0.25, -0.2) is 0 Å². The first-order valence-electron chi connectivity index (χ1n) is 2.47. The minimum atomic E-state index is -1.22. The van der Waals surface area contributed by atoms with Crippen LogP contribution in [0.4, 0.5) is 4.79 Å². The van der Waals surface area contributed by atoms with Gasteiger partial charge in [0.05, 0.1) is 6.42 Å². The van der Waals surface area contributed by atoms with Gasteiger partial charge in [0, 0.05) is 0 Å². The standard InChI is InChI=1S/C4H6O4S/c5-3-1-2-9(8-3)4(6)7/h3,5H,1-2H2. The number of hydrogen-bond donors (Lipinski definition) is 1. The Morgan fingerprint density at radius 1 is 1.89 bits per heavy atom. The van der Waals surface area contributed by atoms with E-state index in [9.17, 15) is 9.90 Å². The lowest BCUT2D eigenvalue weighted by molar-refractivity contribution is -0.234. The maximum Gasteiger partial charge on any atom is 0.310 e. The third-order valence-corrected chi connectivity index (χ3v) is 2.40. The highest BCUT2D eigenvalue weighted by Gasteiger charge is 2.35. The van der Waals surface area contributed by atoms with E-state index in [1.54, 1.807) is 0 Å². The number of aliphatic hydroxyl groups is 1. The average Bonchev–Trinajstić information content (AvgIpc) is 2.14. The summed E-state index contributed by atoms with van der Waals surface area (Å²) in [5.74, 6) is 0.378. The topological polar surface area (TPSA) is 69.6 Å². The molecule has 0 spiro atoms. The molecule has 1 saturated heterocycles. The second-order valence-electron chi connectivity index (χ2n) is 1.64. The summed E-state index contributed by atoms with van der Waals surface area (Å²) >= 11 is -1.15. The molecule has 1 fully saturated rings. The maximum absolute atomic E-state index is 10.0. The van der Waals surface area contributed by atoms with E-state index in [2.05, 4.69) is 4.18 Å². The summed E-state index contributed by atoms with van der Waals surface area (Å²) in [6.07, 6.45) is -0.497. The normalized spacial score (nSPS) is 34.8. The summed E-state index contributed by atoms with van der Waals surface area (Å²) < 4.78 is 4.54. The van der Waals surface area contributed by atoms with Crippen molar-refractivity contribution in [2.75, 3.05) is 5.75 Å². The largest absolute Gasteiger partial charge is 0.502 e. The fraction of sp³-hybridized carbons (Fsp3) is 0.750. The van der Waals surface area contributed by atoms with E-state index in [4.69, 9.17) is 5.11 Å². The zero-order chi connectivity index (χ0) is 6.85. The zero-order valence-electron chi connectivity index (χ0n) is 4.57. The van der Waals surface area contributed by atoms with Crippen molar-refractivity contribution in [1.82, 2.24) is 0 Å². The molecule has 0 aromatic carbocycles. The van der Waals surface area contributed by atoms with E-state index in [0.29, 0.717) is 12.2 Å². The molecule has 4 nitrogen and oxygen atoms in total. The van der Waals surface area contributed by atoms with E-state index in [-0.39, 0.29) is 0 Å². The quantitative estimate of drug-likeness (QED) is 0.431. The third-order valence-electron chi connectivity index (χ3n) is 0.963. The molecule has 1 rings (SSSR count). The zero-order valence-corrected chi connectivity index (χ0v) is 5.39. The first-order chi connectivity index (χ1) is 4.20. The Balaban J connectivity index is 2.39. The van der Waals surface area contributed by atoms with Crippen molar-refractivity contribution in [3.05, 3.63) is 0 Å². The molecule has 0 aliphatic carbocycles. The number of hydrogen-bond acceptors (Lipinski definition) is 4. The molecule has 0 radical (unpaired) electrons. The van der Waals surface area contributed by atoms with Gasteiger partial charge >= 0.3 is 5.30 Å². The lowest BCUT2D eigenvalue weighted by atomic mass is 10.5. The Labute approximate surface area is 55.0 Å². The molecule has 0 aromatic rings. The van der Waals surface area contributed by atoms with E-state index < -0.39 is 22.8 Å². The van der Waals surface area contributed by atoms with Crippen LogP contribution in [0.5, 0.6) is 0 Å². The molecule has 0 bridgehead atoms. The van der Waals surface area contributed by atoms with Crippen LogP contribution in [0, 0.1) is 0 Å². The first-order valence-corrected chi connectivity index (χ1v) is 3.79. The fourth-order valence-electron chi connectivity index (χ4n) is 0.561. The smallest absolute Gasteiger partial charge is 0.310 e. The first kappa shape index (κ1) is 6.85. The van der Waals surface area contributed by atoms with Gasteiger partial charge in [-0.3, -0.25) is 0 Å².